The first kappa shape index (κ1) is 13.5. The largest absolute Gasteiger partial charge is 0.481 e. The molecule has 0 aromatic carbocycles. The number of nitrogen functional groups attached to an aromatic ring is 1. The van der Waals surface area contributed by atoms with Crippen molar-refractivity contribution < 1.29 is 4.74 Å². The number of nitrogens with two attached hydrogens (primary N) is 1. The van der Waals surface area contributed by atoms with Crippen LogP contribution in [0, 0.1) is 5.92 Å². The van der Waals surface area contributed by atoms with E-state index in [1.165, 1.54) is 12.8 Å². The molecule has 3 N–H and O–H groups in total. The molecule has 0 aliphatic heterocycles. The molecule has 1 heterocycles. The molecular weight excluding hydrogens is 216 g/mol. The van der Waals surface area contributed by atoms with Crippen LogP contribution < -0.4 is 15.8 Å². The van der Waals surface area contributed by atoms with Crippen molar-refractivity contribution in [2.75, 3.05) is 24.7 Å². The van der Waals surface area contributed by atoms with E-state index in [-0.39, 0.29) is 5.95 Å². The van der Waals surface area contributed by atoms with Crippen LogP contribution in [-0.2, 0) is 0 Å². The summed E-state index contributed by atoms with van der Waals surface area (Å²) in [6, 6.07) is 1.75. The van der Waals surface area contributed by atoms with E-state index in [1.54, 1.807) is 13.2 Å². The lowest BCUT2D eigenvalue weighted by molar-refractivity contribution is 0.398. The Balaban J connectivity index is 2.33. The molecule has 17 heavy (non-hydrogen) atoms. The van der Waals surface area contributed by atoms with Crippen LogP contribution in [-0.4, -0.2) is 23.6 Å². The summed E-state index contributed by atoms with van der Waals surface area (Å²) < 4.78 is 5.02. The Bertz CT molecular complexity index is 341. The zero-order valence-electron chi connectivity index (χ0n) is 10.9. The quantitative estimate of drug-likeness (QED) is 0.713. The van der Waals surface area contributed by atoms with Crippen LogP contribution in [0.5, 0.6) is 5.88 Å². The highest BCUT2D eigenvalue weighted by Crippen LogP contribution is 2.14. The Morgan fingerprint density at radius 3 is 2.76 bits per heavy atom. The molecule has 1 rings (SSSR count). The van der Waals surface area contributed by atoms with Crippen molar-refractivity contribution in [1.82, 2.24) is 9.97 Å². The van der Waals surface area contributed by atoms with Crippen molar-refractivity contribution in [1.29, 1.82) is 0 Å². The van der Waals surface area contributed by atoms with Gasteiger partial charge in [0.2, 0.25) is 11.8 Å². The van der Waals surface area contributed by atoms with Gasteiger partial charge in [0.15, 0.2) is 0 Å². The molecule has 0 radical (unpaired) electrons. The second kappa shape index (κ2) is 6.93. The Hall–Kier alpha value is -1.52. The summed E-state index contributed by atoms with van der Waals surface area (Å²) in [7, 11) is 1.56. The molecule has 1 aromatic heterocycles. The highest BCUT2D eigenvalue weighted by molar-refractivity contribution is 5.42. The topological polar surface area (TPSA) is 73.1 Å². The molecule has 0 amide bonds. The fourth-order valence-corrected chi connectivity index (χ4v) is 1.53. The molecule has 0 aliphatic carbocycles. The number of aromatic nitrogens is 2. The number of methoxy groups -OCH3 is 1. The zero-order valence-corrected chi connectivity index (χ0v) is 10.9. The van der Waals surface area contributed by atoms with E-state index in [1.807, 2.05) is 0 Å². The lowest BCUT2D eigenvalue weighted by atomic mass is 10.1. The average Bonchev–Trinajstić information content (AvgIpc) is 2.27. The smallest absolute Gasteiger partial charge is 0.225 e. The number of hydrogen-bond acceptors (Lipinski definition) is 5. The van der Waals surface area contributed by atoms with Crippen LogP contribution in [0.15, 0.2) is 6.07 Å². The van der Waals surface area contributed by atoms with E-state index in [0.717, 1.165) is 24.7 Å². The Kier molecular flexibility index (Phi) is 5.52. The molecule has 96 valence electrons. The highest BCUT2D eigenvalue weighted by Gasteiger charge is 2.01. The molecule has 0 aliphatic rings. The summed E-state index contributed by atoms with van der Waals surface area (Å²) in [5, 5.41) is 3.22. The molecule has 0 saturated heterocycles. The van der Waals surface area contributed by atoms with Crippen molar-refractivity contribution in [2.24, 2.45) is 5.92 Å². The molecule has 1 aromatic rings. The van der Waals surface area contributed by atoms with Crippen LogP contribution >= 0.6 is 0 Å². The molecular formula is C12H22N4O. The van der Waals surface area contributed by atoms with Crippen LogP contribution in [0.1, 0.15) is 33.1 Å². The maximum absolute atomic E-state index is 5.56. The Morgan fingerprint density at radius 2 is 2.12 bits per heavy atom. The molecule has 0 atom stereocenters. The molecule has 0 unspecified atom stereocenters. The summed E-state index contributed by atoms with van der Waals surface area (Å²) in [5.74, 6) is 2.21. The molecule has 5 heteroatoms. The summed E-state index contributed by atoms with van der Waals surface area (Å²) in [6.45, 7) is 5.37. The third-order valence-electron chi connectivity index (χ3n) is 2.44. The van der Waals surface area contributed by atoms with Crippen LogP contribution in [0.2, 0.25) is 0 Å². The fourth-order valence-electron chi connectivity index (χ4n) is 1.53. The predicted molar refractivity (Wildman–Crippen MR) is 70.2 cm³/mol. The van der Waals surface area contributed by atoms with Gasteiger partial charge in [0, 0.05) is 12.6 Å². The predicted octanol–water partition coefficient (Wildman–Crippen LogP) is 2.31. The third kappa shape index (κ3) is 5.38. The second-order valence-corrected chi connectivity index (χ2v) is 4.47. The number of ether oxygens (including phenoxy) is 1. The van der Waals surface area contributed by atoms with E-state index in [4.69, 9.17) is 10.5 Å². The minimum atomic E-state index is 0.231. The van der Waals surface area contributed by atoms with Gasteiger partial charge in [-0.05, 0) is 12.3 Å². The van der Waals surface area contributed by atoms with Gasteiger partial charge in [-0.3, -0.25) is 0 Å². The number of hydrogen-bond donors (Lipinski definition) is 2. The summed E-state index contributed by atoms with van der Waals surface area (Å²) in [6.07, 6.45) is 3.61. The van der Waals surface area contributed by atoms with Gasteiger partial charge in [0.25, 0.3) is 0 Å². The first-order chi connectivity index (χ1) is 8.11. The zero-order chi connectivity index (χ0) is 12.7. The molecule has 0 fully saturated rings. The van der Waals surface area contributed by atoms with Crippen molar-refractivity contribution in [2.45, 2.75) is 33.1 Å². The van der Waals surface area contributed by atoms with Crippen molar-refractivity contribution >= 4 is 11.8 Å². The van der Waals surface area contributed by atoms with Gasteiger partial charge in [0.05, 0.1) is 7.11 Å². The van der Waals surface area contributed by atoms with Gasteiger partial charge < -0.3 is 15.8 Å². The van der Waals surface area contributed by atoms with E-state index in [9.17, 15) is 0 Å². The molecule has 0 saturated carbocycles. The standard InChI is InChI=1S/C12H22N4O/c1-9(2)6-4-5-7-14-10-8-11(17-3)16-12(13)15-10/h8-9H,4-7H2,1-3H3,(H3,13,14,15,16). The van der Waals surface area contributed by atoms with E-state index < -0.39 is 0 Å². The molecule has 0 spiro atoms. The Morgan fingerprint density at radius 1 is 1.35 bits per heavy atom. The first-order valence-corrected chi connectivity index (χ1v) is 6.04. The Labute approximate surface area is 103 Å². The number of nitrogens with zero attached hydrogens (tertiary/aromatic N) is 2. The van der Waals surface area contributed by atoms with Crippen LogP contribution in [0.4, 0.5) is 11.8 Å². The van der Waals surface area contributed by atoms with Gasteiger partial charge in [0.1, 0.15) is 5.82 Å². The maximum Gasteiger partial charge on any atom is 0.225 e. The summed E-state index contributed by atoms with van der Waals surface area (Å²) in [5.41, 5.74) is 5.56. The number of anilines is 2. The lowest BCUT2D eigenvalue weighted by Crippen LogP contribution is -2.07. The fraction of sp³-hybridized carbons (Fsp3) is 0.667. The monoisotopic (exact) mass is 238 g/mol. The van der Waals surface area contributed by atoms with Crippen LogP contribution in [0.25, 0.3) is 0 Å². The van der Waals surface area contributed by atoms with Gasteiger partial charge in [-0.15, -0.1) is 0 Å². The maximum atomic E-state index is 5.56. The van der Waals surface area contributed by atoms with Gasteiger partial charge in [-0.25, -0.2) is 0 Å². The van der Waals surface area contributed by atoms with Crippen molar-refractivity contribution in [3.8, 4) is 5.88 Å². The molecule has 5 nitrogen and oxygen atoms in total. The van der Waals surface area contributed by atoms with Gasteiger partial charge in [-0.2, -0.15) is 9.97 Å². The number of unbranched alkanes of at least 4 members (excludes halogenated alkanes) is 1. The second-order valence-electron chi connectivity index (χ2n) is 4.47. The highest BCUT2D eigenvalue weighted by atomic mass is 16.5. The van der Waals surface area contributed by atoms with Crippen LogP contribution in [0.3, 0.4) is 0 Å². The van der Waals surface area contributed by atoms with E-state index in [0.29, 0.717) is 5.88 Å². The first-order valence-electron chi connectivity index (χ1n) is 6.04. The van der Waals surface area contributed by atoms with E-state index in [2.05, 4.69) is 29.1 Å². The van der Waals surface area contributed by atoms with Crippen molar-refractivity contribution in [3.63, 3.8) is 0 Å². The summed E-state index contributed by atoms with van der Waals surface area (Å²) >= 11 is 0. The van der Waals surface area contributed by atoms with Gasteiger partial charge in [-0.1, -0.05) is 26.7 Å². The minimum Gasteiger partial charge on any atom is -0.481 e. The number of nitrogens with one attached hydrogen (secondary N) is 1. The lowest BCUT2D eigenvalue weighted by Gasteiger charge is -2.08. The number of rotatable bonds is 7. The average molecular weight is 238 g/mol. The third-order valence-corrected chi connectivity index (χ3v) is 2.44. The SMILES string of the molecule is COc1cc(NCCCCC(C)C)nc(N)n1. The molecule has 0 bridgehead atoms. The van der Waals surface area contributed by atoms with Gasteiger partial charge >= 0.3 is 0 Å². The van der Waals surface area contributed by atoms with E-state index >= 15 is 0 Å². The normalized spacial score (nSPS) is 10.6. The summed E-state index contributed by atoms with van der Waals surface area (Å²) in [4.78, 5) is 8.01. The minimum absolute atomic E-state index is 0.231. The van der Waals surface area contributed by atoms with Crippen molar-refractivity contribution in [3.05, 3.63) is 6.07 Å².